The van der Waals surface area contributed by atoms with Gasteiger partial charge in [-0.3, -0.25) is 9.59 Å². The third kappa shape index (κ3) is 4.03. The molecule has 0 bridgehead atoms. The lowest BCUT2D eigenvalue weighted by Gasteiger charge is -2.34. The number of amides is 2. The van der Waals surface area contributed by atoms with E-state index in [2.05, 4.69) is 5.32 Å². The van der Waals surface area contributed by atoms with E-state index in [1.165, 1.54) is 0 Å². The number of benzene rings is 2. The van der Waals surface area contributed by atoms with E-state index in [4.69, 9.17) is 10.5 Å². The number of likely N-dealkylation sites (tertiary alicyclic amines) is 1. The Morgan fingerprint density at radius 3 is 2.71 bits per heavy atom. The topological polar surface area (TPSA) is 84.7 Å². The Labute approximate surface area is 165 Å². The highest BCUT2D eigenvalue weighted by atomic mass is 16.5. The number of piperidine rings is 1. The van der Waals surface area contributed by atoms with Crippen molar-refractivity contribution in [2.45, 2.75) is 43.9 Å². The molecular weight excluding hydrogens is 354 g/mol. The second-order valence-electron chi connectivity index (χ2n) is 7.72. The molecule has 2 amide bonds. The summed E-state index contributed by atoms with van der Waals surface area (Å²) < 4.78 is 5.75. The van der Waals surface area contributed by atoms with Gasteiger partial charge in [-0.05, 0) is 48.6 Å². The van der Waals surface area contributed by atoms with Crippen LogP contribution in [-0.4, -0.2) is 54.6 Å². The Bertz CT molecular complexity index is 869. The van der Waals surface area contributed by atoms with Crippen molar-refractivity contribution in [1.82, 2.24) is 10.2 Å². The van der Waals surface area contributed by atoms with Gasteiger partial charge in [0.25, 0.3) is 11.8 Å². The number of fused-ring (bicyclic) bond motifs is 1. The van der Waals surface area contributed by atoms with Crippen LogP contribution < -0.4 is 11.1 Å². The van der Waals surface area contributed by atoms with E-state index >= 15 is 0 Å². The average molecular weight is 381 g/mol. The van der Waals surface area contributed by atoms with E-state index in [0.29, 0.717) is 25.2 Å². The van der Waals surface area contributed by atoms with Crippen LogP contribution in [0, 0.1) is 0 Å². The van der Waals surface area contributed by atoms with E-state index in [0.717, 1.165) is 36.5 Å². The SMILES string of the molecule is NC[C@H]1CC[C@@H](C(=O)N2CCCC(NC(=O)c3ccc4ccccc4c3)C2)O1. The molecule has 2 aromatic rings. The standard InChI is InChI=1S/C22H27N3O3/c23-13-19-9-10-20(28-19)22(27)25-11-3-6-18(14-25)24-21(26)17-8-7-15-4-1-2-5-16(15)12-17/h1-2,4-5,7-8,12,18-20H,3,6,9-11,13-14,23H2,(H,24,26)/t18?,19-,20+/m1/s1. The molecule has 2 aliphatic rings. The minimum atomic E-state index is -0.386. The Kier molecular flexibility index (Phi) is 5.59. The Morgan fingerprint density at radius 2 is 1.93 bits per heavy atom. The van der Waals surface area contributed by atoms with Crippen LogP contribution in [-0.2, 0) is 9.53 Å². The quantitative estimate of drug-likeness (QED) is 0.849. The molecule has 28 heavy (non-hydrogen) atoms. The zero-order chi connectivity index (χ0) is 19.5. The molecule has 0 saturated carbocycles. The van der Waals surface area contributed by atoms with Crippen LogP contribution >= 0.6 is 0 Å². The molecule has 1 unspecified atom stereocenters. The summed E-state index contributed by atoms with van der Waals surface area (Å²) in [5, 5.41) is 5.26. The zero-order valence-corrected chi connectivity index (χ0v) is 16.0. The second kappa shape index (κ2) is 8.29. The van der Waals surface area contributed by atoms with E-state index in [-0.39, 0.29) is 30.1 Å². The van der Waals surface area contributed by atoms with Gasteiger partial charge in [-0.2, -0.15) is 0 Å². The first kappa shape index (κ1) is 18.9. The molecule has 6 nitrogen and oxygen atoms in total. The number of hydrogen-bond acceptors (Lipinski definition) is 4. The first-order valence-corrected chi connectivity index (χ1v) is 10.1. The van der Waals surface area contributed by atoms with Crippen LogP contribution in [0.2, 0.25) is 0 Å². The van der Waals surface area contributed by atoms with Crippen molar-refractivity contribution in [3.05, 3.63) is 48.0 Å². The van der Waals surface area contributed by atoms with Crippen molar-refractivity contribution >= 4 is 22.6 Å². The van der Waals surface area contributed by atoms with Crippen LogP contribution in [0.3, 0.4) is 0 Å². The molecule has 2 heterocycles. The molecule has 148 valence electrons. The third-order valence-corrected chi connectivity index (χ3v) is 5.73. The summed E-state index contributed by atoms with van der Waals surface area (Å²) >= 11 is 0. The summed E-state index contributed by atoms with van der Waals surface area (Å²) in [6.45, 7) is 1.70. The Balaban J connectivity index is 1.37. The summed E-state index contributed by atoms with van der Waals surface area (Å²) in [7, 11) is 0. The van der Waals surface area contributed by atoms with Gasteiger partial charge in [-0.15, -0.1) is 0 Å². The summed E-state index contributed by atoms with van der Waals surface area (Å²) in [6, 6.07) is 13.7. The minimum absolute atomic E-state index is 0.0119. The number of ether oxygens (including phenoxy) is 1. The number of nitrogens with two attached hydrogens (primary N) is 1. The maximum absolute atomic E-state index is 12.8. The first-order valence-electron chi connectivity index (χ1n) is 10.1. The fraction of sp³-hybridized carbons (Fsp3) is 0.455. The molecular formula is C22H27N3O3. The zero-order valence-electron chi connectivity index (χ0n) is 16.0. The van der Waals surface area contributed by atoms with Gasteiger partial charge in [0.05, 0.1) is 6.10 Å². The highest BCUT2D eigenvalue weighted by molar-refractivity contribution is 5.98. The second-order valence-corrected chi connectivity index (χ2v) is 7.72. The van der Waals surface area contributed by atoms with Crippen molar-refractivity contribution in [3.8, 4) is 0 Å². The molecule has 3 atom stereocenters. The number of hydrogen-bond donors (Lipinski definition) is 2. The van der Waals surface area contributed by atoms with Crippen molar-refractivity contribution in [3.63, 3.8) is 0 Å². The lowest BCUT2D eigenvalue weighted by atomic mass is 10.0. The number of rotatable bonds is 4. The molecule has 6 heteroatoms. The predicted molar refractivity (Wildman–Crippen MR) is 108 cm³/mol. The van der Waals surface area contributed by atoms with Crippen LogP contribution in [0.1, 0.15) is 36.0 Å². The third-order valence-electron chi connectivity index (χ3n) is 5.73. The average Bonchev–Trinajstić information content (AvgIpc) is 3.22. The van der Waals surface area contributed by atoms with E-state index in [9.17, 15) is 9.59 Å². The molecule has 3 N–H and O–H groups in total. The lowest BCUT2D eigenvalue weighted by Crippen LogP contribution is -2.52. The van der Waals surface area contributed by atoms with Gasteiger partial charge in [0, 0.05) is 31.2 Å². The summed E-state index contributed by atoms with van der Waals surface area (Å²) in [6.07, 6.45) is 2.92. The fourth-order valence-corrected chi connectivity index (χ4v) is 4.16. The van der Waals surface area contributed by atoms with Crippen LogP contribution in [0.25, 0.3) is 10.8 Å². The van der Waals surface area contributed by atoms with Crippen molar-refractivity contribution in [2.24, 2.45) is 5.73 Å². The lowest BCUT2D eigenvalue weighted by molar-refractivity contribution is -0.144. The molecule has 0 spiro atoms. The smallest absolute Gasteiger partial charge is 0.251 e. The van der Waals surface area contributed by atoms with Gasteiger partial charge in [0.2, 0.25) is 0 Å². The normalized spacial score (nSPS) is 25.0. The minimum Gasteiger partial charge on any atom is -0.364 e. The molecule has 2 aliphatic heterocycles. The van der Waals surface area contributed by atoms with Crippen LogP contribution in [0.15, 0.2) is 42.5 Å². The van der Waals surface area contributed by atoms with Gasteiger partial charge in [0.1, 0.15) is 6.10 Å². The monoisotopic (exact) mass is 381 g/mol. The molecule has 0 aromatic heterocycles. The van der Waals surface area contributed by atoms with Gasteiger partial charge >= 0.3 is 0 Å². The number of nitrogens with one attached hydrogen (secondary N) is 1. The molecule has 0 aliphatic carbocycles. The Morgan fingerprint density at radius 1 is 1.11 bits per heavy atom. The highest BCUT2D eigenvalue weighted by Crippen LogP contribution is 2.23. The van der Waals surface area contributed by atoms with Gasteiger partial charge < -0.3 is 20.7 Å². The number of carbonyl (C=O) groups excluding carboxylic acids is 2. The molecule has 2 saturated heterocycles. The van der Waals surface area contributed by atoms with E-state index in [1.54, 1.807) is 0 Å². The van der Waals surface area contributed by atoms with Crippen molar-refractivity contribution < 1.29 is 14.3 Å². The van der Waals surface area contributed by atoms with Crippen molar-refractivity contribution in [1.29, 1.82) is 0 Å². The van der Waals surface area contributed by atoms with Crippen LogP contribution in [0.4, 0.5) is 0 Å². The maximum Gasteiger partial charge on any atom is 0.251 e. The van der Waals surface area contributed by atoms with E-state index in [1.807, 2.05) is 47.4 Å². The largest absolute Gasteiger partial charge is 0.364 e. The predicted octanol–water partition coefficient (Wildman–Crippen LogP) is 2.07. The molecule has 2 fully saturated rings. The van der Waals surface area contributed by atoms with Crippen LogP contribution in [0.5, 0.6) is 0 Å². The summed E-state index contributed by atoms with van der Waals surface area (Å²) in [4.78, 5) is 27.3. The van der Waals surface area contributed by atoms with Gasteiger partial charge in [0.15, 0.2) is 0 Å². The van der Waals surface area contributed by atoms with Crippen molar-refractivity contribution in [2.75, 3.05) is 19.6 Å². The van der Waals surface area contributed by atoms with Gasteiger partial charge in [-0.25, -0.2) is 0 Å². The number of nitrogens with zero attached hydrogens (tertiary/aromatic N) is 1. The highest BCUT2D eigenvalue weighted by Gasteiger charge is 2.35. The summed E-state index contributed by atoms with van der Waals surface area (Å²) in [5.41, 5.74) is 6.29. The van der Waals surface area contributed by atoms with Gasteiger partial charge in [-0.1, -0.05) is 30.3 Å². The van der Waals surface area contributed by atoms with E-state index < -0.39 is 0 Å². The fourth-order valence-electron chi connectivity index (χ4n) is 4.16. The summed E-state index contributed by atoms with van der Waals surface area (Å²) in [5.74, 6) is -0.0639. The Hall–Kier alpha value is -2.44. The maximum atomic E-state index is 12.8. The number of carbonyl (C=O) groups is 2. The molecule has 2 aromatic carbocycles. The first-order chi connectivity index (χ1) is 13.6. The molecule has 4 rings (SSSR count). The molecule has 0 radical (unpaired) electrons.